The van der Waals surface area contributed by atoms with Crippen molar-refractivity contribution in [3.63, 3.8) is 0 Å². The predicted molar refractivity (Wildman–Crippen MR) is 40.4 cm³/mol. The van der Waals surface area contributed by atoms with Gasteiger partial charge in [0.1, 0.15) is 0 Å². The van der Waals surface area contributed by atoms with Crippen LogP contribution in [0.25, 0.3) is 0 Å². The molecule has 0 spiro atoms. The molecule has 0 aromatic rings. The van der Waals surface area contributed by atoms with Crippen LogP contribution in [0.5, 0.6) is 0 Å². The number of nitrogens with zero attached hydrogens (tertiary/aromatic N) is 1. The zero-order chi connectivity index (χ0) is 6.85. The van der Waals surface area contributed by atoms with Crippen molar-refractivity contribution in [3.8, 4) is 0 Å². The molecule has 0 amide bonds. The van der Waals surface area contributed by atoms with Crippen molar-refractivity contribution in [3.05, 3.63) is 0 Å². The molecule has 1 aliphatic heterocycles. The molecule has 1 heterocycles. The van der Waals surface area contributed by atoms with E-state index in [4.69, 9.17) is 0 Å². The van der Waals surface area contributed by atoms with Crippen LogP contribution >= 0.6 is 0 Å². The molecule has 1 rings (SSSR count). The fraction of sp³-hybridized carbons (Fsp3) is 1.00. The summed E-state index contributed by atoms with van der Waals surface area (Å²) in [6.45, 7) is 10.8. The number of hydrogen-bond acceptors (Lipinski definition) is 1. The highest BCUT2D eigenvalue weighted by atomic mass is 15.1. The molecule has 0 aromatic heterocycles. The van der Waals surface area contributed by atoms with Crippen molar-refractivity contribution in [1.29, 1.82) is 0 Å². The van der Waals surface area contributed by atoms with E-state index >= 15 is 0 Å². The van der Waals surface area contributed by atoms with Crippen LogP contribution in [0.3, 0.4) is 0 Å². The van der Waals surface area contributed by atoms with Gasteiger partial charge in [0.05, 0.1) is 0 Å². The molecule has 2 atom stereocenters. The highest BCUT2D eigenvalue weighted by molar-refractivity contribution is 4.76. The average Bonchev–Trinajstić information content (AvgIpc) is 2.13. The standard InChI is InChI=1S/C8H17N/c1-4-9-5-7(2)8(3)6-9/h7-8H,4-6H2,1-3H3/t7-,8-/m0/s1. The third kappa shape index (κ3) is 1.45. The summed E-state index contributed by atoms with van der Waals surface area (Å²) in [7, 11) is 0. The lowest BCUT2D eigenvalue weighted by Gasteiger charge is -2.10. The van der Waals surface area contributed by atoms with E-state index in [0.29, 0.717) is 0 Å². The normalized spacial score (nSPS) is 37.7. The fourth-order valence-electron chi connectivity index (χ4n) is 1.51. The summed E-state index contributed by atoms with van der Waals surface area (Å²) < 4.78 is 0. The molecular weight excluding hydrogens is 110 g/mol. The highest BCUT2D eigenvalue weighted by Crippen LogP contribution is 2.20. The largest absolute Gasteiger partial charge is 0.303 e. The van der Waals surface area contributed by atoms with Gasteiger partial charge in [-0.25, -0.2) is 0 Å². The molecule has 0 saturated carbocycles. The topological polar surface area (TPSA) is 3.24 Å². The van der Waals surface area contributed by atoms with Crippen molar-refractivity contribution in [2.45, 2.75) is 20.8 Å². The summed E-state index contributed by atoms with van der Waals surface area (Å²) in [6.07, 6.45) is 0. The maximum Gasteiger partial charge on any atom is 0.00100 e. The Kier molecular flexibility index (Phi) is 2.12. The molecule has 0 N–H and O–H groups in total. The summed E-state index contributed by atoms with van der Waals surface area (Å²) in [4.78, 5) is 2.52. The maximum absolute atomic E-state index is 2.52. The van der Waals surface area contributed by atoms with Crippen LogP contribution in [0, 0.1) is 11.8 Å². The van der Waals surface area contributed by atoms with E-state index in [1.807, 2.05) is 0 Å². The molecule has 1 saturated heterocycles. The number of hydrogen-bond donors (Lipinski definition) is 0. The fourth-order valence-corrected chi connectivity index (χ4v) is 1.51. The van der Waals surface area contributed by atoms with E-state index in [-0.39, 0.29) is 0 Å². The van der Waals surface area contributed by atoms with Gasteiger partial charge >= 0.3 is 0 Å². The number of rotatable bonds is 1. The zero-order valence-electron chi connectivity index (χ0n) is 6.72. The SMILES string of the molecule is CCN1C[C@H](C)[C@@H](C)C1. The molecule has 54 valence electrons. The first-order valence-corrected chi connectivity index (χ1v) is 3.96. The van der Waals surface area contributed by atoms with Gasteiger partial charge in [0, 0.05) is 13.1 Å². The Labute approximate surface area is 58.0 Å². The Morgan fingerprint density at radius 3 is 1.89 bits per heavy atom. The third-order valence-electron chi connectivity index (χ3n) is 2.51. The van der Waals surface area contributed by atoms with Gasteiger partial charge in [0.15, 0.2) is 0 Å². The van der Waals surface area contributed by atoms with Gasteiger partial charge in [-0.15, -0.1) is 0 Å². The van der Waals surface area contributed by atoms with Crippen molar-refractivity contribution in [2.24, 2.45) is 11.8 Å². The van der Waals surface area contributed by atoms with E-state index in [1.54, 1.807) is 0 Å². The van der Waals surface area contributed by atoms with E-state index in [0.717, 1.165) is 11.8 Å². The molecule has 1 nitrogen and oxygen atoms in total. The Hall–Kier alpha value is -0.0400. The monoisotopic (exact) mass is 127 g/mol. The van der Waals surface area contributed by atoms with Crippen molar-refractivity contribution < 1.29 is 0 Å². The van der Waals surface area contributed by atoms with Crippen LogP contribution in [0.2, 0.25) is 0 Å². The van der Waals surface area contributed by atoms with Gasteiger partial charge in [-0.05, 0) is 18.4 Å². The first-order chi connectivity index (χ1) is 4.24. The van der Waals surface area contributed by atoms with Crippen LogP contribution in [0.15, 0.2) is 0 Å². The van der Waals surface area contributed by atoms with E-state index < -0.39 is 0 Å². The second-order valence-electron chi connectivity index (χ2n) is 3.31. The molecule has 0 aliphatic carbocycles. The Morgan fingerprint density at radius 1 is 1.22 bits per heavy atom. The van der Waals surface area contributed by atoms with Gasteiger partial charge in [-0.3, -0.25) is 0 Å². The van der Waals surface area contributed by atoms with Gasteiger partial charge < -0.3 is 4.90 Å². The molecule has 0 unspecified atom stereocenters. The Balaban J connectivity index is 2.35. The lowest BCUT2D eigenvalue weighted by Crippen LogP contribution is -2.19. The Bertz CT molecular complexity index is 80.6. The van der Waals surface area contributed by atoms with Crippen LogP contribution in [0.1, 0.15) is 20.8 Å². The summed E-state index contributed by atoms with van der Waals surface area (Å²) in [5, 5.41) is 0. The molecule has 0 bridgehead atoms. The summed E-state index contributed by atoms with van der Waals surface area (Å²) >= 11 is 0. The van der Waals surface area contributed by atoms with Crippen molar-refractivity contribution in [1.82, 2.24) is 4.90 Å². The lowest BCUT2D eigenvalue weighted by atomic mass is 10.0. The Morgan fingerprint density at radius 2 is 1.67 bits per heavy atom. The predicted octanol–water partition coefficient (Wildman–Crippen LogP) is 1.59. The second kappa shape index (κ2) is 2.70. The molecule has 0 radical (unpaired) electrons. The molecule has 9 heavy (non-hydrogen) atoms. The van der Waals surface area contributed by atoms with Crippen molar-refractivity contribution in [2.75, 3.05) is 19.6 Å². The quantitative estimate of drug-likeness (QED) is 0.517. The summed E-state index contributed by atoms with van der Waals surface area (Å²) in [6, 6.07) is 0. The highest BCUT2D eigenvalue weighted by Gasteiger charge is 2.23. The molecular formula is C8H17N. The van der Waals surface area contributed by atoms with E-state index in [1.165, 1.54) is 19.6 Å². The minimum absolute atomic E-state index is 0.921. The van der Waals surface area contributed by atoms with E-state index in [9.17, 15) is 0 Å². The first kappa shape index (κ1) is 7.07. The molecule has 0 aromatic carbocycles. The smallest absolute Gasteiger partial charge is 0.00100 e. The van der Waals surface area contributed by atoms with Crippen LogP contribution < -0.4 is 0 Å². The minimum Gasteiger partial charge on any atom is -0.303 e. The third-order valence-corrected chi connectivity index (χ3v) is 2.51. The van der Waals surface area contributed by atoms with Crippen molar-refractivity contribution >= 4 is 0 Å². The molecule has 1 fully saturated rings. The van der Waals surface area contributed by atoms with Crippen LogP contribution in [0.4, 0.5) is 0 Å². The van der Waals surface area contributed by atoms with Gasteiger partial charge in [-0.2, -0.15) is 0 Å². The summed E-state index contributed by atoms with van der Waals surface area (Å²) in [5.41, 5.74) is 0. The maximum atomic E-state index is 2.52. The number of likely N-dealkylation sites (tertiary alicyclic amines) is 1. The van der Waals surface area contributed by atoms with Crippen LogP contribution in [-0.2, 0) is 0 Å². The molecule has 1 aliphatic rings. The van der Waals surface area contributed by atoms with E-state index in [2.05, 4.69) is 25.7 Å². The average molecular weight is 127 g/mol. The molecule has 1 heteroatoms. The summed E-state index contributed by atoms with van der Waals surface area (Å²) in [5.74, 6) is 1.84. The first-order valence-electron chi connectivity index (χ1n) is 3.96. The second-order valence-corrected chi connectivity index (χ2v) is 3.31. The minimum atomic E-state index is 0.921. The lowest BCUT2D eigenvalue weighted by molar-refractivity contribution is 0.342. The van der Waals surface area contributed by atoms with Crippen LogP contribution in [-0.4, -0.2) is 24.5 Å². The van der Waals surface area contributed by atoms with Gasteiger partial charge in [0.2, 0.25) is 0 Å². The van der Waals surface area contributed by atoms with Gasteiger partial charge in [-0.1, -0.05) is 20.8 Å². The zero-order valence-corrected chi connectivity index (χ0v) is 6.72. The van der Waals surface area contributed by atoms with Gasteiger partial charge in [0.25, 0.3) is 0 Å².